The van der Waals surface area contributed by atoms with Crippen molar-refractivity contribution < 1.29 is 14.3 Å². The van der Waals surface area contributed by atoms with Gasteiger partial charge in [-0.3, -0.25) is 19.4 Å². The Kier molecular flexibility index (Phi) is 4.71. The van der Waals surface area contributed by atoms with E-state index in [0.29, 0.717) is 11.4 Å². The van der Waals surface area contributed by atoms with Crippen molar-refractivity contribution in [2.24, 2.45) is 0 Å². The summed E-state index contributed by atoms with van der Waals surface area (Å²) >= 11 is 1.42. The molecule has 2 amide bonds. The maximum Gasteiger partial charge on any atom is 0.269 e. The van der Waals surface area contributed by atoms with E-state index in [-0.39, 0.29) is 17.6 Å². The lowest BCUT2D eigenvalue weighted by Crippen LogP contribution is -2.54. The highest BCUT2D eigenvalue weighted by atomic mass is 32.2. The van der Waals surface area contributed by atoms with Gasteiger partial charge in [0.05, 0.1) is 17.0 Å². The van der Waals surface area contributed by atoms with E-state index in [1.54, 1.807) is 4.90 Å². The zero-order valence-corrected chi connectivity index (χ0v) is 21.0. The summed E-state index contributed by atoms with van der Waals surface area (Å²) in [5.74, 6) is 1.53. The third kappa shape index (κ3) is 3.09. The van der Waals surface area contributed by atoms with Crippen LogP contribution >= 0.6 is 11.8 Å². The van der Waals surface area contributed by atoms with Crippen molar-refractivity contribution in [3.63, 3.8) is 0 Å². The van der Waals surface area contributed by atoms with Gasteiger partial charge >= 0.3 is 0 Å². The van der Waals surface area contributed by atoms with Crippen molar-refractivity contribution >= 4 is 40.5 Å². The molecule has 1 atom stereocenters. The summed E-state index contributed by atoms with van der Waals surface area (Å²) in [6.07, 6.45) is 2.15. The fourth-order valence-electron chi connectivity index (χ4n) is 5.61. The number of benzene rings is 3. The zero-order valence-electron chi connectivity index (χ0n) is 20.2. The second kappa shape index (κ2) is 7.49. The lowest BCUT2D eigenvalue weighted by molar-refractivity contribution is -0.124. The number of carbonyl (C=O) groups is 2. The van der Waals surface area contributed by atoms with E-state index in [0.717, 1.165) is 33.7 Å². The van der Waals surface area contributed by atoms with E-state index in [1.807, 2.05) is 66.4 Å². The van der Waals surface area contributed by atoms with Crippen LogP contribution in [-0.4, -0.2) is 23.1 Å². The first-order valence-corrected chi connectivity index (χ1v) is 12.7. The number of carbonyl (C=O) groups excluding carboxylic acids is 2. The summed E-state index contributed by atoms with van der Waals surface area (Å²) in [5, 5.41) is 0. The smallest absolute Gasteiger partial charge is 0.269 e. The highest BCUT2D eigenvalue weighted by molar-refractivity contribution is 8.02. The SMILES string of the molecule is CC1=CC(C)(C)N2C(=O)[C@@]3(SCC(=O)N3c3ccc(Oc4ccccc4)cc3)c3cc(C)cc1c32. The van der Waals surface area contributed by atoms with E-state index < -0.39 is 10.4 Å². The zero-order chi connectivity index (χ0) is 24.5. The molecule has 0 bridgehead atoms. The van der Waals surface area contributed by atoms with E-state index in [4.69, 9.17) is 4.74 Å². The van der Waals surface area contributed by atoms with Gasteiger partial charge in [0, 0.05) is 16.8 Å². The minimum absolute atomic E-state index is 0.0615. The molecule has 3 aliphatic rings. The van der Waals surface area contributed by atoms with Crippen LogP contribution in [0.4, 0.5) is 11.4 Å². The van der Waals surface area contributed by atoms with Crippen LogP contribution in [0.15, 0.2) is 72.8 Å². The number of hydrogen-bond donors (Lipinski definition) is 0. The number of aryl methyl sites for hydroxylation is 1. The maximum absolute atomic E-state index is 14.3. The number of rotatable bonds is 3. The van der Waals surface area contributed by atoms with E-state index >= 15 is 0 Å². The number of hydrogen-bond acceptors (Lipinski definition) is 4. The Morgan fingerprint density at radius 1 is 0.886 bits per heavy atom. The summed E-state index contributed by atoms with van der Waals surface area (Å²) in [6.45, 7) is 8.26. The van der Waals surface area contributed by atoms with Crippen molar-refractivity contribution in [2.45, 2.75) is 38.1 Å². The fraction of sp³-hybridized carbons (Fsp3) is 0.241. The molecule has 6 rings (SSSR count). The van der Waals surface area contributed by atoms with E-state index in [1.165, 1.54) is 11.8 Å². The molecule has 3 heterocycles. The lowest BCUT2D eigenvalue weighted by Gasteiger charge is -2.40. The molecule has 0 N–H and O–H groups in total. The van der Waals surface area contributed by atoms with E-state index in [9.17, 15) is 9.59 Å². The number of amides is 2. The predicted molar refractivity (Wildman–Crippen MR) is 141 cm³/mol. The van der Waals surface area contributed by atoms with Crippen LogP contribution in [0.5, 0.6) is 11.5 Å². The van der Waals surface area contributed by atoms with Gasteiger partial charge in [0.25, 0.3) is 5.91 Å². The third-order valence-electron chi connectivity index (χ3n) is 6.95. The molecule has 176 valence electrons. The van der Waals surface area contributed by atoms with Crippen LogP contribution in [0.2, 0.25) is 0 Å². The highest BCUT2D eigenvalue weighted by Gasteiger charge is 2.64. The van der Waals surface area contributed by atoms with Crippen LogP contribution in [0.3, 0.4) is 0 Å². The number of anilines is 2. The number of fused-ring (bicyclic) bond motifs is 1. The number of ether oxygens (including phenoxy) is 1. The molecule has 5 nitrogen and oxygen atoms in total. The molecule has 3 aliphatic heterocycles. The molecule has 0 aromatic heterocycles. The van der Waals surface area contributed by atoms with Gasteiger partial charge in [-0.25, -0.2) is 0 Å². The molecule has 0 radical (unpaired) electrons. The molecule has 0 aliphatic carbocycles. The van der Waals surface area contributed by atoms with Crippen molar-refractivity contribution in [3.05, 3.63) is 89.5 Å². The molecule has 6 heteroatoms. The quantitative estimate of drug-likeness (QED) is 0.442. The monoisotopic (exact) mass is 482 g/mol. The molecule has 0 unspecified atom stereocenters. The van der Waals surface area contributed by atoms with E-state index in [2.05, 4.69) is 39.0 Å². The van der Waals surface area contributed by atoms with Crippen LogP contribution in [0.1, 0.15) is 37.5 Å². The minimum atomic E-state index is -1.12. The van der Waals surface area contributed by atoms with Gasteiger partial charge in [-0.15, -0.1) is 11.8 Å². The number of para-hydroxylation sites is 1. The number of nitrogens with zero attached hydrogens (tertiary/aromatic N) is 2. The molecule has 3 aromatic rings. The molecular formula is C29H26N2O3S. The Morgan fingerprint density at radius 3 is 2.29 bits per heavy atom. The summed E-state index contributed by atoms with van der Waals surface area (Å²) in [6, 6.07) is 21.2. The van der Waals surface area contributed by atoms with Crippen molar-refractivity contribution in [1.82, 2.24) is 0 Å². The Hall–Kier alpha value is -3.51. The molecule has 35 heavy (non-hydrogen) atoms. The first-order chi connectivity index (χ1) is 16.7. The second-order valence-electron chi connectivity index (χ2n) is 9.90. The topological polar surface area (TPSA) is 49.9 Å². The van der Waals surface area contributed by atoms with Crippen LogP contribution in [0, 0.1) is 6.92 Å². The van der Waals surface area contributed by atoms with Crippen molar-refractivity contribution in [2.75, 3.05) is 15.6 Å². The third-order valence-corrected chi connectivity index (χ3v) is 8.34. The molecule has 1 fully saturated rings. The largest absolute Gasteiger partial charge is 0.457 e. The Labute approximate surface area is 209 Å². The average molecular weight is 483 g/mol. The molecule has 3 aromatic carbocycles. The molecule has 1 spiro atoms. The first kappa shape index (κ1) is 22.0. The van der Waals surface area contributed by atoms with Crippen LogP contribution in [0.25, 0.3) is 5.57 Å². The van der Waals surface area contributed by atoms with Crippen LogP contribution < -0.4 is 14.5 Å². The Bertz CT molecular complexity index is 1410. The summed E-state index contributed by atoms with van der Waals surface area (Å²) in [4.78, 5) is 30.2. The van der Waals surface area contributed by atoms with Gasteiger partial charge in [-0.1, -0.05) is 30.3 Å². The Balaban J connectivity index is 1.47. The number of thioether (sulfide) groups is 1. The van der Waals surface area contributed by atoms with Gasteiger partial charge in [0.2, 0.25) is 10.8 Å². The first-order valence-electron chi connectivity index (χ1n) is 11.7. The lowest BCUT2D eigenvalue weighted by atomic mass is 9.88. The second-order valence-corrected chi connectivity index (χ2v) is 11.1. The van der Waals surface area contributed by atoms with Crippen molar-refractivity contribution in [3.8, 4) is 11.5 Å². The molecule has 0 saturated carbocycles. The van der Waals surface area contributed by atoms with Crippen LogP contribution in [-0.2, 0) is 14.5 Å². The van der Waals surface area contributed by atoms with Gasteiger partial charge in [-0.2, -0.15) is 0 Å². The summed E-state index contributed by atoms with van der Waals surface area (Å²) in [7, 11) is 0. The highest BCUT2D eigenvalue weighted by Crippen LogP contribution is 2.60. The minimum Gasteiger partial charge on any atom is -0.457 e. The van der Waals surface area contributed by atoms with Crippen molar-refractivity contribution in [1.29, 1.82) is 0 Å². The van der Waals surface area contributed by atoms with Gasteiger partial charge in [0.1, 0.15) is 11.5 Å². The average Bonchev–Trinajstić information content (AvgIpc) is 3.29. The number of allylic oxidation sites excluding steroid dienone is 1. The van der Waals surface area contributed by atoms with Gasteiger partial charge < -0.3 is 4.74 Å². The molecular weight excluding hydrogens is 456 g/mol. The van der Waals surface area contributed by atoms with Gasteiger partial charge in [-0.05, 0) is 81.3 Å². The Morgan fingerprint density at radius 2 is 1.57 bits per heavy atom. The summed E-state index contributed by atoms with van der Waals surface area (Å²) < 4.78 is 5.94. The predicted octanol–water partition coefficient (Wildman–Crippen LogP) is 6.26. The molecule has 1 saturated heterocycles. The fourth-order valence-corrected chi connectivity index (χ4v) is 6.93. The summed E-state index contributed by atoms with van der Waals surface area (Å²) in [5.41, 5.74) is 5.32. The van der Waals surface area contributed by atoms with Gasteiger partial charge in [0.15, 0.2) is 0 Å². The normalized spacial score (nSPS) is 22.0. The standard InChI is InChI=1S/C29H26N2O3S/c1-18-14-23-19(2)16-28(3,4)31-26(23)24(15-18)29(27(31)33)30(25(32)17-35-29)20-10-12-22(13-11-20)34-21-8-6-5-7-9-21/h5-16H,17H2,1-4H3/t29-/m0/s1. The maximum atomic E-state index is 14.3.